The number of carbonyl (C=O) groups is 2. The van der Waals surface area contributed by atoms with Crippen LogP contribution in [0.1, 0.15) is 74.4 Å². The van der Waals surface area contributed by atoms with Gasteiger partial charge in [0.1, 0.15) is 0 Å². The lowest BCUT2D eigenvalue weighted by molar-refractivity contribution is -0.143. The molecule has 0 heterocycles. The van der Waals surface area contributed by atoms with Gasteiger partial charge in [-0.3, -0.25) is 14.5 Å². The lowest BCUT2D eigenvalue weighted by Gasteiger charge is -2.25. The van der Waals surface area contributed by atoms with E-state index in [4.69, 9.17) is 4.74 Å². The molecule has 0 saturated heterocycles. The van der Waals surface area contributed by atoms with E-state index >= 15 is 0 Å². The maximum absolute atomic E-state index is 13.3. The highest BCUT2D eigenvalue weighted by atomic mass is 16.5. The smallest absolute Gasteiger partial charge is 0.313 e. The molecule has 1 N–H and O–H groups in total. The van der Waals surface area contributed by atoms with Crippen molar-refractivity contribution in [3.63, 3.8) is 0 Å². The van der Waals surface area contributed by atoms with Gasteiger partial charge in [-0.15, -0.1) is 12.8 Å². The average molecular weight is 593 g/mol. The number of allylic oxidation sites excluding steroid dienone is 2. The number of hydrogen-bond acceptors (Lipinski definition) is 4. The molecule has 44 heavy (non-hydrogen) atoms. The molecule has 0 aromatic heterocycles. The summed E-state index contributed by atoms with van der Waals surface area (Å²) >= 11 is 0. The molecule has 0 aliphatic rings. The van der Waals surface area contributed by atoms with Gasteiger partial charge in [0.25, 0.3) is 5.91 Å². The molecule has 0 aliphatic carbocycles. The Kier molecular flexibility index (Phi) is 15.5. The zero-order valence-corrected chi connectivity index (χ0v) is 27.1. The minimum atomic E-state index is -0.286. The minimum Gasteiger partial charge on any atom is -0.469 e. The predicted octanol–water partition coefficient (Wildman–Crippen LogP) is 8.22. The Bertz CT molecular complexity index is 1390. The molecule has 0 fully saturated rings. The molecule has 5 heteroatoms. The fraction of sp³-hybridized carbons (Fsp3) is 0.333. The fourth-order valence-corrected chi connectivity index (χ4v) is 5.13. The summed E-state index contributed by atoms with van der Waals surface area (Å²) in [6, 6.07) is 26.0. The van der Waals surface area contributed by atoms with E-state index in [1.54, 1.807) is 0 Å². The van der Waals surface area contributed by atoms with E-state index in [2.05, 4.69) is 81.1 Å². The molecule has 2 unspecified atom stereocenters. The first-order chi connectivity index (χ1) is 21.3. The summed E-state index contributed by atoms with van der Waals surface area (Å²) in [6.45, 7) is 13.0. The monoisotopic (exact) mass is 592 g/mol. The van der Waals surface area contributed by atoms with Crippen molar-refractivity contribution in [1.29, 1.82) is 0 Å². The first-order valence-electron chi connectivity index (χ1n) is 15.3. The minimum absolute atomic E-state index is 0.130. The lowest BCUT2D eigenvalue weighted by atomic mass is 9.85. The number of hydrogen-bond donors (Lipinski definition) is 1. The average Bonchev–Trinajstić information content (AvgIpc) is 3.07. The van der Waals surface area contributed by atoms with Crippen LogP contribution >= 0.6 is 0 Å². The third-order valence-corrected chi connectivity index (χ3v) is 7.82. The largest absolute Gasteiger partial charge is 0.469 e. The summed E-state index contributed by atoms with van der Waals surface area (Å²) in [7, 11) is 1.45. The predicted molar refractivity (Wildman–Crippen MR) is 183 cm³/mol. The summed E-state index contributed by atoms with van der Waals surface area (Å²) in [6.07, 6.45) is 14.8. The van der Waals surface area contributed by atoms with E-state index in [0.29, 0.717) is 11.5 Å². The Balaban J connectivity index is 0.00000330. The second-order valence-corrected chi connectivity index (χ2v) is 11.0. The molecule has 0 saturated carbocycles. The highest BCUT2D eigenvalue weighted by Crippen LogP contribution is 2.29. The number of ether oxygens (including phenoxy) is 1. The number of rotatable bonds is 14. The fourth-order valence-electron chi connectivity index (χ4n) is 5.13. The highest BCUT2D eigenvalue weighted by Gasteiger charge is 2.27. The Morgan fingerprint density at radius 3 is 2.14 bits per heavy atom. The Morgan fingerprint density at radius 1 is 0.909 bits per heavy atom. The Morgan fingerprint density at radius 2 is 1.55 bits per heavy atom. The van der Waals surface area contributed by atoms with E-state index in [0.717, 1.165) is 48.4 Å². The zero-order valence-electron chi connectivity index (χ0n) is 27.1. The molecule has 2 atom stereocenters. The van der Waals surface area contributed by atoms with Crippen LogP contribution in [0.2, 0.25) is 0 Å². The molecular formula is C39H48N2O3. The van der Waals surface area contributed by atoms with E-state index < -0.39 is 0 Å². The van der Waals surface area contributed by atoms with Gasteiger partial charge in [0.2, 0.25) is 0 Å². The number of carbonyl (C=O) groups excluding carboxylic acids is 2. The molecule has 1 amide bonds. The number of esters is 1. The molecule has 3 aromatic rings. The number of nitrogens with zero attached hydrogens (tertiary/aromatic N) is 1. The molecule has 232 valence electrons. The molecule has 5 nitrogen and oxygen atoms in total. The van der Waals surface area contributed by atoms with E-state index in [1.165, 1.54) is 12.7 Å². The number of likely N-dealkylation sites (N-methyl/N-ethyl adjacent to an activating group) is 1. The van der Waals surface area contributed by atoms with Gasteiger partial charge in [-0.2, -0.15) is 0 Å². The van der Waals surface area contributed by atoms with Crippen molar-refractivity contribution < 1.29 is 14.3 Å². The van der Waals surface area contributed by atoms with Crippen LogP contribution in [0.5, 0.6) is 0 Å². The maximum Gasteiger partial charge on any atom is 0.313 e. The highest BCUT2D eigenvalue weighted by molar-refractivity contribution is 6.01. The van der Waals surface area contributed by atoms with Crippen LogP contribution in [0.15, 0.2) is 103 Å². The maximum atomic E-state index is 13.3. The quantitative estimate of drug-likeness (QED) is 0.116. The molecule has 0 bridgehead atoms. The van der Waals surface area contributed by atoms with Crippen molar-refractivity contribution in [2.45, 2.75) is 52.9 Å². The molecule has 3 rings (SSSR count). The van der Waals surface area contributed by atoms with Crippen LogP contribution in [0.25, 0.3) is 11.1 Å². The van der Waals surface area contributed by atoms with Crippen molar-refractivity contribution in [3.8, 4) is 24.0 Å². The van der Waals surface area contributed by atoms with Crippen LogP contribution in [-0.2, 0) is 9.53 Å². The second kappa shape index (κ2) is 19.0. The first kappa shape index (κ1) is 35.8. The summed E-state index contributed by atoms with van der Waals surface area (Å²) in [4.78, 5) is 28.3. The van der Waals surface area contributed by atoms with E-state index in [-0.39, 0.29) is 23.7 Å². The van der Waals surface area contributed by atoms with Crippen molar-refractivity contribution in [2.75, 3.05) is 26.7 Å². The van der Waals surface area contributed by atoms with E-state index in [1.807, 2.05) is 73.7 Å². The number of terminal acetylenes is 1. The van der Waals surface area contributed by atoms with Crippen LogP contribution in [-0.4, -0.2) is 43.5 Å². The summed E-state index contributed by atoms with van der Waals surface area (Å²) < 4.78 is 5.13. The van der Waals surface area contributed by atoms with Gasteiger partial charge in [-0.1, -0.05) is 113 Å². The van der Waals surface area contributed by atoms with Gasteiger partial charge in [-0.25, -0.2) is 0 Å². The third-order valence-electron chi connectivity index (χ3n) is 7.82. The molecule has 0 aliphatic heterocycles. The van der Waals surface area contributed by atoms with Gasteiger partial charge in [0.05, 0.1) is 13.0 Å². The topological polar surface area (TPSA) is 58.6 Å². The lowest BCUT2D eigenvalue weighted by Crippen LogP contribution is -2.29. The second-order valence-electron chi connectivity index (χ2n) is 11.0. The van der Waals surface area contributed by atoms with Crippen molar-refractivity contribution in [2.24, 2.45) is 5.92 Å². The van der Waals surface area contributed by atoms with Crippen molar-refractivity contribution >= 4 is 11.9 Å². The molecule has 3 aromatic carbocycles. The Labute approximate surface area is 265 Å². The number of methoxy groups -OCH3 is 1. The normalized spacial score (nSPS) is 12.8. The summed E-state index contributed by atoms with van der Waals surface area (Å²) in [5.74, 6) is -0.0255. The van der Waals surface area contributed by atoms with Gasteiger partial charge in [0, 0.05) is 17.8 Å². The number of nitrogens with one attached hydrogen (secondary N) is 1. The van der Waals surface area contributed by atoms with Gasteiger partial charge >= 0.3 is 5.97 Å². The van der Waals surface area contributed by atoms with E-state index in [9.17, 15) is 9.59 Å². The SMILES string of the molecule is C#C.C/C=C(\C=C/CN(CC)CCC(C)C(C(=O)OC)c1ccccc1)NC(=O)c1ccccc1-c1ccc(C(C)C)cc1. The van der Waals surface area contributed by atoms with Crippen LogP contribution in [0.3, 0.4) is 0 Å². The molecular weight excluding hydrogens is 544 g/mol. The van der Waals surface area contributed by atoms with Crippen molar-refractivity contribution in [3.05, 3.63) is 119 Å². The van der Waals surface area contributed by atoms with Gasteiger partial charge < -0.3 is 10.1 Å². The molecule has 0 spiro atoms. The van der Waals surface area contributed by atoms with Crippen LogP contribution in [0, 0.1) is 18.8 Å². The van der Waals surface area contributed by atoms with Crippen LogP contribution in [0.4, 0.5) is 0 Å². The van der Waals surface area contributed by atoms with Gasteiger partial charge in [-0.05, 0) is 72.7 Å². The Hall–Kier alpha value is -4.40. The number of benzene rings is 3. The third kappa shape index (κ3) is 10.4. The van der Waals surface area contributed by atoms with Crippen LogP contribution < -0.4 is 5.32 Å². The standard InChI is InChI=1S/C37H46N2O3.C2H2/c1-7-32(38-36(40)34-19-13-12-18-33(34)30-22-20-29(21-23-30)27(3)4)17-14-25-39(8-2)26-24-28(5)35(37(41)42-6)31-15-10-9-11-16-31;1-2/h7,9-23,27-28,35H,8,24-26H2,1-6H3,(H,38,40);1-2H/b17-14-,32-7+;. The molecule has 0 radical (unpaired) electrons. The van der Waals surface area contributed by atoms with Gasteiger partial charge in [0.15, 0.2) is 0 Å². The van der Waals surface area contributed by atoms with Crippen molar-refractivity contribution in [1.82, 2.24) is 10.2 Å². The zero-order chi connectivity index (χ0) is 32.5. The summed E-state index contributed by atoms with van der Waals surface area (Å²) in [5.41, 5.74) is 5.60. The summed E-state index contributed by atoms with van der Waals surface area (Å²) in [5, 5.41) is 3.08. The first-order valence-corrected chi connectivity index (χ1v) is 15.3. The number of amides is 1.